The summed E-state index contributed by atoms with van der Waals surface area (Å²) < 4.78 is 0. The molecule has 0 spiro atoms. The molecule has 0 amide bonds. The average Bonchev–Trinajstić information content (AvgIpc) is 3.71. The van der Waals surface area contributed by atoms with Crippen molar-refractivity contribution < 1.29 is 19.5 Å². The van der Waals surface area contributed by atoms with E-state index in [1.165, 1.54) is 0 Å². The third kappa shape index (κ3) is 4.80. The average molecular weight is 702 g/mol. The zero-order valence-electron chi connectivity index (χ0n) is 23.8. The van der Waals surface area contributed by atoms with Crippen LogP contribution >= 0.6 is 43.7 Å². The van der Waals surface area contributed by atoms with E-state index < -0.39 is 0 Å². The molecule has 45 heavy (non-hydrogen) atoms. The van der Waals surface area contributed by atoms with Gasteiger partial charge in [-0.05, 0) is 92.8 Å². The third-order valence-electron chi connectivity index (χ3n) is 8.36. The summed E-state index contributed by atoms with van der Waals surface area (Å²) in [6.45, 7) is 0. The molecule has 2 aliphatic rings. The molecule has 9 rings (SSSR count). The van der Waals surface area contributed by atoms with E-state index in [1.807, 2.05) is 12.1 Å². The molecule has 0 aliphatic carbocycles. The molecule has 2 unspecified atom stereocenters. The molecule has 2 aliphatic heterocycles. The fraction of sp³-hybridized carbons (Fsp3) is 0. The molecular formula is C36H22N4P2S2Zn. The predicted octanol–water partition coefficient (Wildman–Crippen LogP) is 8.12. The van der Waals surface area contributed by atoms with Crippen LogP contribution in [0.3, 0.4) is 0 Å². The van der Waals surface area contributed by atoms with Gasteiger partial charge in [0.2, 0.25) is 0 Å². The number of nitrogens with zero attached hydrogens (tertiary/aromatic N) is 4. The molecule has 5 heterocycles. The number of aromatic nitrogens is 4. The number of thiol groups is 2. The fourth-order valence-electron chi connectivity index (χ4n) is 6.33. The minimum absolute atomic E-state index is 0. The Morgan fingerprint density at radius 2 is 0.844 bits per heavy atom. The second kappa shape index (κ2) is 10.9. The zero-order chi connectivity index (χ0) is 29.7. The van der Waals surface area contributed by atoms with E-state index in [9.17, 15) is 0 Å². The third-order valence-corrected chi connectivity index (χ3v) is 9.63. The van der Waals surface area contributed by atoms with Gasteiger partial charge in [0.1, 0.15) is 0 Å². The SMILES string of the molecule is Pc1ccc2c(c1)-c1cc3[n-]c(cc4nc(cc5[n-]c(cc-2n1)c1ccc(S)cc51)-c1ccc(S)cc1-4)c1cc(P)ccc31.[Zn+2]. The molecule has 2 atom stereocenters. The Bertz CT molecular complexity index is 2570. The van der Waals surface area contributed by atoms with Crippen LogP contribution in [0.15, 0.2) is 107 Å². The number of hydrogen-bond acceptors (Lipinski definition) is 4. The molecule has 4 aromatic carbocycles. The van der Waals surface area contributed by atoms with Crippen LogP contribution in [0.1, 0.15) is 0 Å². The van der Waals surface area contributed by atoms with Gasteiger partial charge in [0, 0.05) is 32.0 Å². The van der Waals surface area contributed by atoms with Crippen molar-refractivity contribution in [2.75, 3.05) is 0 Å². The summed E-state index contributed by atoms with van der Waals surface area (Å²) in [5.41, 5.74) is 11.1. The second-order valence-electron chi connectivity index (χ2n) is 11.2. The first-order chi connectivity index (χ1) is 21.4. The Hall–Kier alpha value is -3.30. The van der Waals surface area contributed by atoms with E-state index in [2.05, 4.69) is 129 Å². The Morgan fingerprint density at radius 1 is 0.422 bits per heavy atom. The molecule has 9 heteroatoms. The molecule has 0 saturated carbocycles. The molecule has 8 bridgehead atoms. The maximum atomic E-state index is 5.19. The number of rotatable bonds is 0. The van der Waals surface area contributed by atoms with Crippen LogP contribution in [0, 0.1) is 0 Å². The van der Waals surface area contributed by atoms with Crippen LogP contribution < -0.4 is 20.6 Å². The summed E-state index contributed by atoms with van der Waals surface area (Å²) in [5.74, 6) is 0. The van der Waals surface area contributed by atoms with Crippen molar-refractivity contribution in [1.82, 2.24) is 19.9 Å². The topological polar surface area (TPSA) is 54.0 Å². The van der Waals surface area contributed by atoms with E-state index in [1.54, 1.807) is 0 Å². The maximum Gasteiger partial charge on any atom is 2.00 e. The normalized spacial score (nSPS) is 11.8. The van der Waals surface area contributed by atoms with E-state index in [0.717, 1.165) is 109 Å². The predicted molar refractivity (Wildman–Crippen MR) is 196 cm³/mol. The largest absolute Gasteiger partial charge is 2.00 e. The van der Waals surface area contributed by atoms with Crippen molar-refractivity contribution >= 4 is 98.0 Å². The van der Waals surface area contributed by atoms with Gasteiger partial charge in [-0.1, -0.05) is 36.4 Å². The zero-order valence-corrected chi connectivity index (χ0v) is 30.8. The smallest absolute Gasteiger partial charge is 0.657 e. The van der Waals surface area contributed by atoms with Crippen molar-refractivity contribution in [2.45, 2.75) is 9.79 Å². The minimum Gasteiger partial charge on any atom is -0.657 e. The van der Waals surface area contributed by atoms with E-state index in [4.69, 9.17) is 19.9 Å². The first kappa shape index (κ1) is 29.1. The molecule has 0 radical (unpaired) electrons. The Morgan fingerprint density at radius 3 is 1.49 bits per heavy atom. The van der Waals surface area contributed by atoms with Gasteiger partial charge < -0.3 is 9.97 Å². The Balaban J connectivity index is 0.00000300. The van der Waals surface area contributed by atoms with E-state index in [0.29, 0.717) is 0 Å². The summed E-state index contributed by atoms with van der Waals surface area (Å²) >= 11 is 9.33. The Labute approximate surface area is 287 Å². The van der Waals surface area contributed by atoms with Crippen molar-refractivity contribution in [3.05, 3.63) is 97.1 Å². The molecule has 0 fully saturated rings. The van der Waals surface area contributed by atoms with Crippen molar-refractivity contribution in [3.63, 3.8) is 0 Å². The van der Waals surface area contributed by atoms with Gasteiger partial charge in [-0.15, -0.1) is 65.8 Å². The number of fused-ring (bicyclic) bond motifs is 20. The summed E-state index contributed by atoms with van der Waals surface area (Å²) in [4.78, 5) is 22.5. The molecule has 3 aromatic heterocycles. The van der Waals surface area contributed by atoms with Crippen LogP contribution in [-0.4, -0.2) is 9.97 Å². The minimum atomic E-state index is 0. The van der Waals surface area contributed by atoms with Crippen LogP contribution in [0.5, 0.6) is 0 Å². The first-order valence-electron chi connectivity index (χ1n) is 14.1. The van der Waals surface area contributed by atoms with Crippen LogP contribution in [0.25, 0.3) is 88.6 Å². The standard InChI is InChI=1S/C36H22N4P2S2.Zn/c41-17-1-5-21-25(9-17)33-14-31-22-6-2-18(42)10-26(22)34(38-31)16-36-28-12-20(44)4-8-24(28)32(40-36)15-35-27-11-19(43)3-7-23(27)30(39-35)13-29(21)37-33;/h1-16H,41-42H2,(H2-2,37,38,39,40,43,44);/q-2;+2. The number of hydrogen-bond donors (Lipinski definition) is 2. The van der Waals surface area contributed by atoms with Gasteiger partial charge in [-0.2, -0.15) is 0 Å². The molecule has 7 aromatic rings. The summed E-state index contributed by atoms with van der Waals surface area (Å²) in [6, 6.07) is 33.5. The quantitative estimate of drug-likeness (QED) is 0.0953. The monoisotopic (exact) mass is 700 g/mol. The number of benzene rings is 4. The molecule has 0 N–H and O–H groups in total. The maximum absolute atomic E-state index is 5.19. The van der Waals surface area contributed by atoms with E-state index >= 15 is 0 Å². The van der Waals surface area contributed by atoms with Crippen LogP contribution in [-0.2, 0) is 19.5 Å². The molecular weight excluding hydrogens is 680 g/mol. The van der Waals surface area contributed by atoms with Gasteiger partial charge >= 0.3 is 19.5 Å². The molecule has 0 saturated heterocycles. The molecule has 210 valence electrons. The van der Waals surface area contributed by atoms with Crippen LogP contribution in [0.4, 0.5) is 0 Å². The summed E-state index contributed by atoms with van der Waals surface area (Å²) in [7, 11) is 5.62. The van der Waals surface area contributed by atoms with Gasteiger partial charge in [0.25, 0.3) is 0 Å². The molecule has 4 nitrogen and oxygen atoms in total. The van der Waals surface area contributed by atoms with Gasteiger partial charge in [0.15, 0.2) is 0 Å². The van der Waals surface area contributed by atoms with Crippen LogP contribution in [0.2, 0.25) is 0 Å². The van der Waals surface area contributed by atoms with Gasteiger partial charge in [0.05, 0.1) is 22.8 Å². The summed E-state index contributed by atoms with van der Waals surface area (Å²) in [6.07, 6.45) is 0. The summed E-state index contributed by atoms with van der Waals surface area (Å²) in [5, 5.41) is 6.41. The van der Waals surface area contributed by atoms with Crippen molar-refractivity contribution in [1.29, 1.82) is 0 Å². The van der Waals surface area contributed by atoms with Crippen molar-refractivity contribution in [3.8, 4) is 45.0 Å². The van der Waals surface area contributed by atoms with Gasteiger partial charge in [-0.25, -0.2) is 9.97 Å². The first-order valence-corrected chi connectivity index (χ1v) is 16.1. The Kier molecular flexibility index (Phi) is 7.06. The second-order valence-corrected chi connectivity index (χ2v) is 13.5. The van der Waals surface area contributed by atoms with Gasteiger partial charge in [-0.3, -0.25) is 0 Å². The fourth-order valence-corrected chi connectivity index (χ4v) is 7.26. The van der Waals surface area contributed by atoms with E-state index in [-0.39, 0.29) is 19.5 Å². The van der Waals surface area contributed by atoms with Crippen molar-refractivity contribution in [2.24, 2.45) is 0 Å².